The minimum atomic E-state index is -0.966. The minimum Gasteiger partial charge on any atom is -0.386 e. The molecule has 0 heterocycles. The first kappa shape index (κ1) is 21.2. The van der Waals surface area contributed by atoms with Crippen molar-refractivity contribution in [3.63, 3.8) is 0 Å². The van der Waals surface area contributed by atoms with E-state index in [9.17, 15) is 20.0 Å². The fourth-order valence-corrected chi connectivity index (χ4v) is 2.03. The van der Waals surface area contributed by atoms with Crippen molar-refractivity contribution in [3.05, 3.63) is 46.6 Å². The molecule has 0 aliphatic rings. The Morgan fingerprint density at radius 3 is 2.43 bits per heavy atom. The number of unbranched alkanes of at least 4 members (excludes halogenated alkanes) is 3. The van der Waals surface area contributed by atoms with E-state index in [1.165, 1.54) is 0 Å². The van der Waals surface area contributed by atoms with Gasteiger partial charge in [0.05, 0.1) is 0 Å². The minimum absolute atomic E-state index is 0.258. The molecule has 1 radical (unpaired) electrons. The monoisotopic (exact) mass is 322 g/mol. The number of nitro groups is 1. The lowest BCUT2D eigenvalue weighted by Crippen LogP contribution is -2.32. The van der Waals surface area contributed by atoms with Gasteiger partial charge in [0.1, 0.15) is 6.10 Å². The van der Waals surface area contributed by atoms with Crippen molar-refractivity contribution in [1.82, 2.24) is 0 Å². The van der Waals surface area contributed by atoms with Gasteiger partial charge in [0.25, 0.3) is 0 Å². The number of aliphatic hydroxyl groups is 1. The summed E-state index contributed by atoms with van der Waals surface area (Å²) >= 11 is 0. The maximum Gasteiger partial charge on any atom is 0.242 e. The molecule has 0 aromatic rings. The Bertz CT molecular complexity index is 402. The van der Waals surface area contributed by atoms with Gasteiger partial charge in [0, 0.05) is 17.8 Å². The molecule has 0 spiro atoms. The van der Waals surface area contributed by atoms with Crippen LogP contribution in [0.5, 0.6) is 0 Å². The van der Waals surface area contributed by atoms with Crippen LogP contribution in [-0.4, -0.2) is 28.5 Å². The third-order valence-corrected chi connectivity index (χ3v) is 3.38. The van der Waals surface area contributed by atoms with Gasteiger partial charge in [-0.1, -0.05) is 43.4 Å². The maximum atomic E-state index is 11.0. The number of nitrogens with zero attached hydrogens (tertiary/aromatic N) is 1. The van der Waals surface area contributed by atoms with Crippen LogP contribution in [0.3, 0.4) is 0 Å². The van der Waals surface area contributed by atoms with Gasteiger partial charge in [-0.2, -0.15) is 0 Å². The number of rotatable bonds is 14. The lowest BCUT2D eigenvalue weighted by molar-refractivity contribution is -0.533. The summed E-state index contributed by atoms with van der Waals surface area (Å²) in [5.74, 6) is 0. The molecule has 2 unspecified atom stereocenters. The normalized spacial score (nSPS) is 14.7. The molecule has 0 aromatic heterocycles. The molecule has 0 fully saturated rings. The molecule has 23 heavy (non-hydrogen) atoms. The predicted molar refractivity (Wildman–Crippen MR) is 92.5 cm³/mol. The second-order valence-corrected chi connectivity index (χ2v) is 5.34. The van der Waals surface area contributed by atoms with E-state index in [0.717, 1.165) is 32.1 Å². The van der Waals surface area contributed by atoms with Crippen LogP contribution in [0.15, 0.2) is 36.5 Å². The highest BCUT2D eigenvalue weighted by Crippen LogP contribution is 2.10. The van der Waals surface area contributed by atoms with E-state index in [-0.39, 0.29) is 12.8 Å². The second-order valence-electron chi connectivity index (χ2n) is 5.34. The van der Waals surface area contributed by atoms with Gasteiger partial charge in [-0.15, -0.1) is 0 Å². The van der Waals surface area contributed by atoms with E-state index >= 15 is 0 Å². The van der Waals surface area contributed by atoms with Crippen molar-refractivity contribution in [2.24, 2.45) is 0 Å². The smallest absolute Gasteiger partial charge is 0.242 e. The van der Waals surface area contributed by atoms with Crippen LogP contribution in [0.25, 0.3) is 0 Å². The zero-order valence-corrected chi connectivity index (χ0v) is 13.9. The summed E-state index contributed by atoms with van der Waals surface area (Å²) in [5, 5.41) is 20.9. The zero-order valence-electron chi connectivity index (χ0n) is 13.9. The number of hydrogen-bond donors (Lipinski definition) is 1. The molecular formula is C18H28NO4. The lowest BCUT2D eigenvalue weighted by atomic mass is 10.0. The van der Waals surface area contributed by atoms with E-state index in [4.69, 9.17) is 0 Å². The Balaban J connectivity index is 3.97. The molecule has 2 atom stereocenters. The van der Waals surface area contributed by atoms with E-state index in [2.05, 4.69) is 6.08 Å². The average Bonchev–Trinajstić information content (AvgIpc) is 2.52. The van der Waals surface area contributed by atoms with Gasteiger partial charge in [0.2, 0.25) is 6.04 Å². The van der Waals surface area contributed by atoms with Gasteiger partial charge >= 0.3 is 0 Å². The highest BCUT2D eigenvalue weighted by molar-refractivity contribution is 5.50. The van der Waals surface area contributed by atoms with E-state index in [1.807, 2.05) is 31.4 Å². The van der Waals surface area contributed by atoms with Crippen LogP contribution >= 0.6 is 0 Å². The molecule has 0 bridgehead atoms. The molecular weight excluding hydrogens is 294 g/mol. The Morgan fingerprint density at radius 1 is 1.09 bits per heavy atom. The molecule has 0 amide bonds. The first-order valence-corrected chi connectivity index (χ1v) is 8.25. The Hall–Kier alpha value is -1.75. The number of carbonyl (C=O) groups excluding carboxylic acids is 1. The quantitative estimate of drug-likeness (QED) is 0.227. The maximum absolute atomic E-state index is 11.0. The first-order chi connectivity index (χ1) is 11.1. The molecule has 5 heteroatoms. The lowest BCUT2D eigenvalue weighted by Gasteiger charge is -2.12. The van der Waals surface area contributed by atoms with E-state index in [1.54, 1.807) is 12.2 Å². The van der Waals surface area contributed by atoms with Crippen molar-refractivity contribution in [2.75, 3.05) is 0 Å². The van der Waals surface area contributed by atoms with Crippen LogP contribution in [0, 0.1) is 10.1 Å². The van der Waals surface area contributed by atoms with Gasteiger partial charge < -0.3 is 5.11 Å². The summed E-state index contributed by atoms with van der Waals surface area (Å²) in [6, 6.07) is -0.951. The van der Waals surface area contributed by atoms with Crippen LogP contribution in [0.1, 0.15) is 58.3 Å². The largest absolute Gasteiger partial charge is 0.386 e. The van der Waals surface area contributed by atoms with E-state index in [0.29, 0.717) is 6.42 Å². The summed E-state index contributed by atoms with van der Waals surface area (Å²) in [5.41, 5.74) is 0. The molecule has 0 aromatic carbocycles. The van der Waals surface area contributed by atoms with Crippen LogP contribution in [-0.2, 0) is 4.79 Å². The van der Waals surface area contributed by atoms with Crippen molar-refractivity contribution in [1.29, 1.82) is 0 Å². The van der Waals surface area contributed by atoms with Gasteiger partial charge in [0.15, 0.2) is 6.29 Å². The summed E-state index contributed by atoms with van der Waals surface area (Å²) in [6.07, 6.45) is 17.7. The SMILES string of the molecule is CC/C=C\CC(C(O)C/C=C\C/C=C\CCCC[C]=O)[N+](=O)[O-]. The van der Waals surface area contributed by atoms with Crippen LogP contribution in [0.2, 0.25) is 0 Å². The molecule has 0 saturated carbocycles. The molecule has 129 valence electrons. The van der Waals surface area contributed by atoms with Gasteiger partial charge in [-0.3, -0.25) is 14.9 Å². The molecule has 0 aliphatic carbocycles. The standard InChI is InChI=1S/C18H28NO4/c1-2-3-11-14-17(19(22)23)18(21)15-12-9-7-5-4-6-8-10-13-16-20/h3-5,9,11-12,17-18,21H,2,6-8,10,13-15H2,1H3/b5-4-,11-3-,12-9-. The third kappa shape index (κ3) is 12.5. The van der Waals surface area contributed by atoms with Gasteiger partial charge in [-0.25, -0.2) is 0 Å². The molecule has 0 aliphatic heterocycles. The first-order valence-electron chi connectivity index (χ1n) is 8.25. The highest BCUT2D eigenvalue weighted by Gasteiger charge is 2.27. The number of hydrogen-bond acceptors (Lipinski definition) is 4. The van der Waals surface area contributed by atoms with Gasteiger partial charge in [-0.05, 0) is 38.5 Å². The average molecular weight is 322 g/mol. The number of aliphatic hydroxyl groups excluding tert-OH is 1. The molecule has 0 rings (SSSR count). The fraction of sp³-hybridized carbons (Fsp3) is 0.611. The summed E-state index contributed by atoms with van der Waals surface area (Å²) in [6.45, 7) is 1.96. The highest BCUT2D eigenvalue weighted by atomic mass is 16.6. The molecule has 5 nitrogen and oxygen atoms in total. The Labute approximate surface area is 138 Å². The summed E-state index contributed by atoms with van der Waals surface area (Å²) in [4.78, 5) is 20.6. The van der Waals surface area contributed by atoms with Crippen molar-refractivity contribution < 1.29 is 14.8 Å². The Kier molecular flexibility index (Phi) is 14.0. The third-order valence-electron chi connectivity index (χ3n) is 3.38. The molecule has 1 N–H and O–H groups in total. The van der Waals surface area contributed by atoms with Crippen molar-refractivity contribution in [3.8, 4) is 0 Å². The van der Waals surface area contributed by atoms with Crippen LogP contribution < -0.4 is 0 Å². The van der Waals surface area contributed by atoms with Crippen molar-refractivity contribution >= 4 is 6.29 Å². The van der Waals surface area contributed by atoms with E-state index < -0.39 is 17.1 Å². The van der Waals surface area contributed by atoms with Crippen molar-refractivity contribution in [2.45, 2.75) is 70.4 Å². The summed E-state index contributed by atoms with van der Waals surface area (Å²) in [7, 11) is 0. The topological polar surface area (TPSA) is 80.4 Å². The predicted octanol–water partition coefficient (Wildman–Crippen LogP) is 3.91. The molecule has 0 saturated heterocycles. The summed E-state index contributed by atoms with van der Waals surface area (Å²) < 4.78 is 0. The number of allylic oxidation sites excluding steroid dienone is 4. The fourth-order valence-electron chi connectivity index (χ4n) is 2.03. The Morgan fingerprint density at radius 2 is 1.78 bits per heavy atom. The van der Waals surface area contributed by atoms with Crippen LogP contribution in [0.4, 0.5) is 0 Å². The second kappa shape index (κ2) is 15.2. The zero-order chi connectivity index (χ0) is 17.3.